The summed E-state index contributed by atoms with van der Waals surface area (Å²) in [4.78, 5) is 18.2. The number of nitrogens with zero attached hydrogens (tertiary/aromatic N) is 2. The van der Waals surface area contributed by atoms with E-state index >= 15 is 0 Å². The fraction of sp³-hybridized carbons (Fsp3) is 0.467. The normalized spacial score (nSPS) is 25.6. The molecular weight excluding hydrogens is 311 g/mol. The van der Waals surface area contributed by atoms with Gasteiger partial charge in [-0.3, -0.25) is 9.79 Å². The number of hydrogen-bond acceptors (Lipinski definition) is 3. The number of carbonyl (C=O) groups excluding carboxylic acids is 1. The van der Waals surface area contributed by atoms with Crippen molar-refractivity contribution in [2.45, 2.75) is 31.2 Å². The van der Waals surface area contributed by atoms with Crippen molar-refractivity contribution in [1.82, 2.24) is 4.90 Å². The van der Waals surface area contributed by atoms with Crippen LogP contribution in [0.1, 0.15) is 30.7 Å². The van der Waals surface area contributed by atoms with Gasteiger partial charge in [0, 0.05) is 37.1 Å². The predicted molar refractivity (Wildman–Crippen MR) is 83.6 cm³/mol. The Bertz CT molecular complexity index is 596. The average Bonchev–Trinajstić information content (AvgIpc) is 2.99. The summed E-state index contributed by atoms with van der Waals surface area (Å²) in [5.74, 6) is 0.306. The number of rotatable bonds is 2. The van der Waals surface area contributed by atoms with E-state index in [9.17, 15) is 9.90 Å². The van der Waals surface area contributed by atoms with Crippen LogP contribution >= 0.6 is 23.2 Å². The van der Waals surface area contributed by atoms with Crippen molar-refractivity contribution in [3.63, 3.8) is 0 Å². The molecule has 0 aliphatic carbocycles. The molecule has 0 saturated carbocycles. The van der Waals surface area contributed by atoms with Crippen molar-refractivity contribution in [3.05, 3.63) is 27.7 Å². The monoisotopic (exact) mass is 326 g/mol. The Labute approximate surface area is 133 Å². The van der Waals surface area contributed by atoms with Crippen molar-refractivity contribution in [3.8, 4) is 5.75 Å². The van der Waals surface area contributed by atoms with Gasteiger partial charge in [0.1, 0.15) is 5.75 Å². The number of piperidine rings is 1. The zero-order valence-corrected chi connectivity index (χ0v) is 12.9. The summed E-state index contributed by atoms with van der Waals surface area (Å²) < 4.78 is 0. The molecule has 0 radical (unpaired) electrons. The molecule has 2 heterocycles. The topological polar surface area (TPSA) is 52.9 Å². The molecule has 2 aliphatic rings. The maximum atomic E-state index is 12.1. The second-order valence-electron chi connectivity index (χ2n) is 5.51. The summed E-state index contributed by atoms with van der Waals surface area (Å²) >= 11 is 12.3. The first kappa shape index (κ1) is 14.7. The van der Waals surface area contributed by atoms with E-state index in [0.29, 0.717) is 41.5 Å². The molecular formula is C15H16Cl2N2O2. The van der Waals surface area contributed by atoms with Gasteiger partial charge in [-0.25, -0.2) is 0 Å². The van der Waals surface area contributed by atoms with Crippen LogP contribution in [0.4, 0.5) is 0 Å². The Morgan fingerprint density at radius 1 is 1.33 bits per heavy atom. The molecule has 0 aromatic heterocycles. The fourth-order valence-corrected chi connectivity index (χ4v) is 3.58. The van der Waals surface area contributed by atoms with Crippen LogP contribution < -0.4 is 0 Å². The summed E-state index contributed by atoms with van der Waals surface area (Å²) in [5, 5.41) is 10.9. The van der Waals surface area contributed by atoms with E-state index in [0.717, 1.165) is 6.42 Å². The Morgan fingerprint density at radius 2 is 2.14 bits per heavy atom. The van der Waals surface area contributed by atoms with E-state index in [1.165, 1.54) is 0 Å². The maximum absolute atomic E-state index is 12.1. The highest BCUT2D eigenvalue weighted by molar-refractivity contribution is 6.42. The summed E-state index contributed by atoms with van der Waals surface area (Å²) in [7, 11) is 0. The number of benzene rings is 1. The minimum absolute atomic E-state index is 0.00880. The quantitative estimate of drug-likeness (QED) is 0.906. The van der Waals surface area contributed by atoms with Gasteiger partial charge in [-0.15, -0.1) is 0 Å². The van der Waals surface area contributed by atoms with Crippen molar-refractivity contribution in [2.75, 3.05) is 13.1 Å². The number of phenols is 1. The van der Waals surface area contributed by atoms with Gasteiger partial charge in [-0.1, -0.05) is 23.2 Å². The van der Waals surface area contributed by atoms with Gasteiger partial charge in [-0.05, 0) is 18.6 Å². The molecule has 0 spiro atoms. The zero-order valence-electron chi connectivity index (χ0n) is 11.4. The van der Waals surface area contributed by atoms with Crippen molar-refractivity contribution < 1.29 is 9.90 Å². The van der Waals surface area contributed by atoms with Gasteiger partial charge in [0.25, 0.3) is 0 Å². The lowest BCUT2D eigenvalue weighted by molar-refractivity contribution is -0.135. The highest BCUT2D eigenvalue weighted by Crippen LogP contribution is 2.41. The Hall–Kier alpha value is -1.26. The molecule has 1 saturated heterocycles. The number of aromatic hydroxyl groups is 1. The molecule has 0 bridgehead atoms. The molecule has 2 aliphatic heterocycles. The number of hydrogen-bond donors (Lipinski definition) is 1. The Morgan fingerprint density at radius 3 is 2.86 bits per heavy atom. The zero-order chi connectivity index (χ0) is 15.0. The van der Waals surface area contributed by atoms with Gasteiger partial charge in [0.05, 0.1) is 22.6 Å². The number of phenolic OH excluding ortho intramolecular Hbond substituents is 1. The first-order valence-electron chi connectivity index (χ1n) is 7.02. The van der Waals surface area contributed by atoms with Crippen LogP contribution in [0.25, 0.3) is 0 Å². The van der Waals surface area contributed by atoms with Gasteiger partial charge >= 0.3 is 0 Å². The SMILES string of the molecule is O=C1CC[C@@H](c2c(O)ccc(Cl)c2Cl)CN1[C@@H]1CC=NC1. The molecule has 1 aromatic rings. The molecule has 112 valence electrons. The summed E-state index contributed by atoms with van der Waals surface area (Å²) in [6, 6.07) is 3.28. The third-order valence-electron chi connectivity index (χ3n) is 4.23. The summed E-state index contributed by atoms with van der Waals surface area (Å²) in [6.07, 6.45) is 3.80. The first-order valence-corrected chi connectivity index (χ1v) is 7.78. The van der Waals surface area contributed by atoms with Crippen LogP contribution in [0.15, 0.2) is 17.1 Å². The van der Waals surface area contributed by atoms with Crippen LogP contribution in [-0.4, -0.2) is 41.3 Å². The van der Waals surface area contributed by atoms with E-state index < -0.39 is 0 Å². The lowest BCUT2D eigenvalue weighted by Gasteiger charge is -2.37. The van der Waals surface area contributed by atoms with E-state index in [-0.39, 0.29) is 23.6 Å². The first-order chi connectivity index (χ1) is 10.1. The number of carbonyl (C=O) groups is 1. The molecule has 4 nitrogen and oxygen atoms in total. The van der Waals surface area contributed by atoms with Crippen LogP contribution in [0, 0.1) is 0 Å². The minimum Gasteiger partial charge on any atom is -0.508 e. The fourth-order valence-electron chi connectivity index (χ4n) is 3.10. The Balaban J connectivity index is 1.86. The van der Waals surface area contributed by atoms with Crippen LogP contribution in [0.5, 0.6) is 5.75 Å². The van der Waals surface area contributed by atoms with E-state index in [2.05, 4.69) is 4.99 Å². The molecule has 2 atom stereocenters. The van der Waals surface area contributed by atoms with E-state index in [4.69, 9.17) is 23.2 Å². The maximum Gasteiger partial charge on any atom is 0.222 e. The molecule has 1 amide bonds. The minimum atomic E-state index is 0.00880. The molecule has 21 heavy (non-hydrogen) atoms. The predicted octanol–water partition coefficient (Wildman–Crippen LogP) is 3.25. The second kappa shape index (κ2) is 5.85. The van der Waals surface area contributed by atoms with E-state index in [1.807, 2.05) is 11.1 Å². The van der Waals surface area contributed by atoms with E-state index in [1.54, 1.807) is 12.1 Å². The standard InChI is InChI=1S/C15H16Cl2N2O2/c16-11-2-3-12(20)14(15(11)17)9-1-4-13(21)19(8-9)10-5-6-18-7-10/h2-3,6,9-10,20H,1,4-5,7-8H2/t9-,10-/m1/s1. The third kappa shape index (κ3) is 2.74. The highest BCUT2D eigenvalue weighted by Gasteiger charge is 2.34. The van der Waals surface area contributed by atoms with Gasteiger partial charge in [0.2, 0.25) is 5.91 Å². The molecule has 1 N–H and O–H groups in total. The van der Waals surface area contributed by atoms with Gasteiger partial charge in [0.15, 0.2) is 0 Å². The third-order valence-corrected chi connectivity index (χ3v) is 5.04. The largest absolute Gasteiger partial charge is 0.508 e. The molecule has 6 heteroatoms. The summed E-state index contributed by atoms with van der Waals surface area (Å²) in [5.41, 5.74) is 0.653. The summed E-state index contributed by atoms with van der Waals surface area (Å²) in [6.45, 7) is 1.22. The molecule has 1 fully saturated rings. The van der Waals surface area contributed by atoms with Crippen molar-refractivity contribution in [2.24, 2.45) is 4.99 Å². The van der Waals surface area contributed by atoms with Crippen LogP contribution in [0.2, 0.25) is 10.0 Å². The Kier molecular flexibility index (Phi) is 4.09. The molecule has 3 rings (SSSR count). The number of likely N-dealkylation sites (tertiary alicyclic amines) is 1. The lowest BCUT2D eigenvalue weighted by atomic mass is 9.88. The average molecular weight is 327 g/mol. The molecule has 0 unspecified atom stereocenters. The van der Waals surface area contributed by atoms with Crippen molar-refractivity contribution in [1.29, 1.82) is 0 Å². The van der Waals surface area contributed by atoms with Crippen molar-refractivity contribution >= 4 is 35.3 Å². The highest BCUT2D eigenvalue weighted by atomic mass is 35.5. The lowest BCUT2D eigenvalue weighted by Crippen LogP contribution is -2.46. The number of aliphatic imine (C=N–C) groups is 1. The van der Waals surface area contributed by atoms with Crippen LogP contribution in [-0.2, 0) is 4.79 Å². The molecule has 1 aromatic carbocycles. The van der Waals surface area contributed by atoms with Gasteiger partial charge in [-0.2, -0.15) is 0 Å². The number of halogens is 2. The van der Waals surface area contributed by atoms with Gasteiger partial charge < -0.3 is 10.0 Å². The second-order valence-corrected chi connectivity index (χ2v) is 6.30. The number of amides is 1. The van der Waals surface area contributed by atoms with Crippen LogP contribution in [0.3, 0.4) is 0 Å². The smallest absolute Gasteiger partial charge is 0.222 e.